The van der Waals surface area contributed by atoms with Gasteiger partial charge in [0.1, 0.15) is 11.9 Å². The minimum Gasteiger partial charge on any atom is -0.341 e. The molecule has 0 unspecified atom stereocenters. The molecule has 0 aliphatic rings. The molecule has 0 radical (unpaired) electrons. The Morgan fingerprint density at radius 3 is 1.07 bits per heavy atom. The molecule has 4 heterocycles. The number of aromatic nitrogens is 6. The Morgan fingerprint density at radius 2 is 0.796 bits per heavy atom. The van der Waals surface area contributed by atoms with Crippen LogP contribution in [0.5, 0.6) is 0 Å². The molecule has 0 atom stereocenters. The Hall–Kier alpha value is -6.25. The molecule has 54 heavy (non-hydrogen) atoms. The van der Waals surface area contributed by atoms with Gasteiger partial charge in [-0.25, -0.2) is 10.2 Å². The third-order valence-corrected chi connectivity index (χ3v) is 8.88. The summed E-state index contributed by atoms with van der Waals surface area (Å²) < 4.78 is 31.3. The third-order valence-electron chi connectivity index (χ3n) is 8.88. The molecule has 0 saturated heterocycles. The van der Waals surface area contributed by atoms with E-state index < -0.39 is 17.3 Å². The number of halogens is 2. The summed E-state index contributed by atoms with van der Waals surface area (Å²) in [7, 11) is 0. The van der Waals surface area contributed by atoms with Crippen LogP contribution in [-0.2, 0) is 26.5 Å². The summed E-state index contributed by atoms with van der Waals surface area (Å²) in [5.74, 6) is -0.630. The van der Waals surface area contributed by atoms with Crippen LogP contribution in [0.25, 0.3) is 11.6 Å². The van der Waals surface area contributed by atoms with Crippen LogP contribution in [0, 0.1) is 24.3 Å². The van der Waals surface area contributed by atoms with Crippen molar-refractivity contribution in [1.29, 1.82) is 0 Å². The first-order valence-electron chi connectivity index (χ1n) is 17.0. The van der Waals surface area contributed by atoms with Crippen LogP contribution < -0.4 is 9.80 Å². The molecule has 0 aliphatic heterocycles. The maximum atomic E-state index is 14.4. The summed E-state index contributed by atoms with van der Waals surface area (Å²) in [6.07, 6.45) is 5.71. The minimum atomic E-state index is -0.898. The smallest absolute Gasteiger partial charge is 0.341 e. The molecule has 4 aromatic heterocycles. The normalized spacial score (nSPS) is 11.2. The van der Waals surface area contributed by atoms with Crippen molar-refractivity contribution in [3.8, 4) is 11.6 Å². The summed E-state index contributed by atoms with van der Waals surface area (Å²) in [6.45, 7) is 4.04. The van der Waals surface area contributed by atoms with Crippen molar-refractivity contribution in [2.24, 2.45) is 0 Å². The fourth-order valence-corrected chi connectivity index (χ4v) is 6.22. The van der Waals surface area contributed by atoms with Crippen LogP contribution >= 0.6 is 0 Å². The van der Waals surface area contributed by atoms with Crippen molar-refractivity contribution in [1.82, 2.24) is 29.5 Å². The van der Waals surface area contributed by atoms with E-state index in [1.54, 1.807) is 0 Å². The van der Waals surface area contributed by atoms with Crippen LogP contribution in [0.2, 0.25) is 0 Å². The van der Waals surface area contributed by atoms with E-state index in [-0.39, 0.29) is 21.1 Å². The molecule has 11 heteroatoms. The van der Waals surface area contributed by atoms with Crippen LogP contribution in [0.4, 0.5) is 42.9 Å². The van der Waals surface area contributed by atoms with Gasteiger partial charge in [0, 0.05) is 50.9 Å². The van der Waals surface area contributed by atoms with Gasteiger partial charge in [-0.1, -0.05) is 85.2 Å². The standard InChI is InChI=1S/C43H32F2N8.Pt/c1-43(2,37-27-35(29-41(46-37)50-25-23-39(44)48-50)52(31-15-7-3-8-16-31)32-17-9-4-10-18-32)38-28-36(30-42(47-38)51-26-24-40(45)49-51)53(33-19-11-5-12-20-33)34-21-13-6-14-22-34;/h3-24,27-30H,1-2H3;/q-2;+2. The maximum Gasteiger partial charge on any atom is 2.00 e. The zero-order valence-corrected chi connectivity index (χ0v) is 31.4. The molecule has 0 saturated carbocycles. The molecule has 8 rings (SSSR count). The van der Waals surface area contributed by atoms with Gasteiger partial charge in [0.15, 0.2) is 0 Å². The van der Waals surface area contributed by atoms with Gasteiger partial charge in [0.25, 0.3) is 0 Å². The quantitative estimate of drug-likeness (QED) is 0.128. The van der Waals surface area contributed by atoms with E-state index in [2.05, 4.69) is 32.4 Å². The maximum absolute atomic E-state index is 14.4. The third kappa shape index (κ3) is 7.34. The molecule has 0 spiro atoms. The van der Waals surface area contributed by atoms with E-state index in [0.717, 1.165) is 34.1 Å². The average Bonchev–Trinajstić information content (AvgIpc) is 3.84. The van der Waals surface area contributed by atoms with Crippen molar-refractivity contribution in [3.05, 3.63) is 193 Å². The summed E-state index contributed by atoms with van der Waals surface area (Å²) in [5, 5.41) is 8.05. The van der Waals surface area contributed by atoms with Gasteiger partial charge in [-0.05, 0) is 86.6 Å². The van der Waals surface area contributed by atoms with Crippen molar-refractivity contribution in [3.63, 3.8) is 0 Å². The molecule has 268 valence electrons. The first-order chi connectivity index (χ1) is 25.8. The van der Waals surface area contributed by atoms with Crippen molar-refractivity contribution < 1.29 is 29.8 Å². The molecule has 8 aromatic rings. The second-order valence-corrected chi connectivity index (χ2v) is 12.8. The van der Waals surface area contributed by atoms with E-state index in [1.807, 2.05) is 159 Å². The molecular weight excluding hydrogens is 862 g/mol. The molecule has 0 N–H and O–H groups in total. The monoisotopic (exact) mass is 893 g/mol. The Kier molecular flexibility index (Phi) is 10.3. The van der Waals surface area contributed by atoms with Crippen molar-refractivity contribution in [2.75, 3.05) is 9.80 Å². The largest absolute Gasteiger partial charge is 2.00 e. The molecule has 4 aromatic carbocycles. The van der Waals surface area contributed by atoms with Gasteiger partial charge in [-0.3, -0.25) is 18.7 Å². The number of hydrogen-bond acceptors (Lipinski definition) is 6. The molecule has 0 aliphatic carbocycles. The van der Waals surface area contributed by atoms with Crippen molar-refractivity contribution in [2.45, 2.75) is 19.3 Å². The summed E-state index contributed by atoms with van der Waals surface area (Å²) in [5.41, 5.74) is 5.50. The number of pyridine rings is 2. The van der Waals surface area contributed by atoms with Gasteiger partial charge in [0.2, 0.25) is 0 Å². The first-order valence-corrected chi connectivity index (χ1v) is 17.0. The summed E-state index contributed by atoms with van der Waals surface area (Å²) >= 11 is 0. The van der Waals surface area contributed by atoms with Crippen LogP contribution in [-0.4, -0.2) is 29.5 Å². The zero-order valence-electron chi connectivity index (χ0n) is 29.2. The number of nitrogens with zero attached hydrogens (tertiary/aromatic N) is 8. The number of para-hydroxylation sites is 4. The van der Waals surface area contributed by atoms with Crippen molar-refractivity contribution >= 4 is 34.1 Å². The molecular formula is C43H32F2N8Pt. The number of rotatable bonds is 10. The first kappa shape index (κ1) is 36.1. The molecule has 0 bridgehead atoms. The second kappa shape index (κ2) is 15.4. The molecule has 0 fully saturated rings. The van der Waals surface area contributed by atoms with Gasteiger partial charge in [0.05, 0.1) is 11.6 Å². The number of hydrogen-bond donors (Lipinski definition) is 0. The zero-order chi connectivity index (χ0) is 36.4. The van der Waals surface area contributed by atoms with E-state index in [1.165, 1.54) is 21.5 Å². The second-order valence-electron chi connectivity index (χ2n) is 12.8. The van der Waals surface area contributed by atoms with E-state index in [4.69, 9.17) is 9.97 Å². The van der Waals surface area contributed by atoms with E-state index in [0.29, 0.717) is 23.0 Å². The number of anilines is 6. The average molecular weight is 894 g/mol. The Labute approximate surface area is 326 Å². The Balaban J connectivity index is 0.00000450. The predicted molar refractivity (Wildman–Crippen MR) is 202 cm³/mol. The fourth-order valence-electron chi connectivity index (χ4n) is 6.22. The van der Waals surface area contributed by atoms with Gasteiger partial charge in [-0.2, -0.15) is 0 Å². The van der Waals surface area contributed by atoms with Gasteiger partial charge in [-0.15, -0.1) is 12.1 Å². The van der Waals surface area contributed by atoms with Gasteiger partial charge >= 0.3 is 21.1 Å². The SMILES string of the molecule is CC(C)(c1cc(N(c2ccccc2)c2ccccc2)cc(-n2[c-]cc(F)n2)n1)c1cc(N(c2ccccc2)c2ccccc2)cc(-n2[c-]cc(F)n2)n1.[Pt+2]. The predicted octanol–water partition coefficient (Wildman–Crippen LogP) is 9.99. The van der Waals surface area contributed by atoms with Crippen LogP contribution in [0.3, 0.4) is 0 Å². The topological polar surface area (TPSA) is 67.9 Å². The molecule has 8 nitrogen and oxygen atoms in total. The fraction of sp³-hybridized carbons (Fsp3) is 0.0698. The number of benzene rings is 4. The van der Waals surface area contributed by atoms with Gasteiger partial charge < -0.3 is 19.2 Å². The van der Waals surface area contributed by atoms with E-state index >= 15 is 0 Å². The Bertz CT molecular complexity index is 2220. The summed E-state index contributed by atoms with van der Waals surface area (Å²) in [6, 6.07) is 49.9. The molecule has 0 amide bonds. The van der Waals surface area contributed by atoms with Crippen LogP contribution in [0.1, 0.15) is 25.2 Å². The minimum absolute atomic E-state index is 0. The van der Waals surface area contributed by atoms with E-state index in [9.17, 15) is 8.78 Å². The summed E-state index contributed by atoms with van der Waals surface area (Å²) in [4.78, 5) is 14.3. The Morgan fingerprint density at radius 1 is 0.481 bits per heavy atom. The van der Waals surface area contributed by atoms with Crippen LogP contribution in [0.15, 0.2) is 158 Å².